The number of carboxylic acid groups (broad SMARTS) is 1. The lowest BCUT2D eigenvalue weighted by Gasteiger charge is -2.19. The molecule has 210 valence electrons. The molecule has 0 aliphatic carbocycles. The average Bonchev–Trinajstić information content (AvgIpc) is 3.24. The Morgan fingerprint density at radius 1 is 1.05 bits per heavy atom. The van der Waals surface area contributed by atoms with Gasteiger partial charge >= 0.3 is 5.97 Å². The molecule has 0 bridgehead atoms. The molecular weight excluding hydrogens is 508 g/mol. The number of hydrogen-bond donors (Lipinski definition) is 3. The van der Waals surface area contributed by atoms with Crippen molar-refractivity contribution in [3.63, 3.8) is 0 Å². The lowest BCUT2D eigenvalue weighted by molar-refractivity contribution is -0.139. The van der Waals surface area contributed by atoms with Crippen molar-refractivity contribution in [1.82, 2.24) is 14.7 Å². The monoisotopic (exact) mass is 543 g/mol. The summed E-state index contributed by atoms with van der Waals surface area (Å²) in [5, 5.41) is 33.9. The molecule has 8 nitrogen and oxygen atoms in total. The van der Waals surface area contributed by atoms with Gasteiger partial charge in [-0.2, -0.15) is 5.10 Å². The van der Waals surface area contributed by atoms with Gasteiger partial charge in [0.1, 0.15) is 11.6 Å². The van der Waals surface area contributed by atoms with Crippen LogP contribution in [0.4, 0.5) is 8.78 Å². The second-order valence-corrected chi connectivity index (χ2v) is 10.1. The van der Waals surface area contributed by atoms with E-state index in [1.807, 2.05) is 13.8 Å². The first-order valence-corrected chi connectivity index (χ1v) is 12.8. The van der Waals surface area contributed by atoms with Crippen LogP contribution < -0.4 is 0 Å². The molecule has 1 aromatic heterocycles. The van der Waals surface area contributed by atoms with E-state index >= 15 is 0 Å². The van der Waals surface area contributed by atoms with E-state index < -0.39 is 30.4 Å². The van der Waals surface area contributed by atoms with E-state index in [0.29, 0.717) is 28.1 Å². The van der Waals surface area contributed by atoms with Crippen molar-refractivity contribution in [3.05, 3.63) is 82.2 Å². The lowest BCUT2D eigenvalue weighted by atomic mass is 9.95. The highest BCUT2D eigenvalue weighted by Gasteiger charge is 2.28. The van der Waals surface area contributed by atoms with Crippen LogP contribution >= 0.6 is 0 Å². The zero-order valence-corrected chi connectivity index (χ0v) is 22.6. The molecule has 3 rings (SSSR count). The minimum atomic E-state index is -1.19. The molecule has 0 radical (unpaired) electrons. The molecule has 2 atom stereocenters. The fourth-order valence-corrected chi connectivity index (χ4v) is 4.62. The van der Waals surface area contributed by atoms with E-state index in [2.05, 4.69) is 5.10 Å². The van der Waals surface area contributed by atoms with Crippen LogP contribution in [0.15, 0.2) is 42.5 Å². The molecule has 0 spiro atoms. The maximum Gasteiger partial charge on any atom is 0.305 e. The van der Waals surface area contributed by atoms with Crippen LogP contribution in [0.3, 0.4) is 0 Å². The van der Waals surface area contributed by atoms with Gasteiger partial charge in [0.2, 0.25) is 0 Å². The molecule has 1 amide bonds. The van der Waals surface area contributed by atoms with Crippen LogP contribution in [0, 0.1) is 18.6 Å². The van der Waals surface area contributed by atoms with Gasteiger partial charge < -0.3 is 20.2 Å². The third-order valence-corrected chi connectivity index (χ3v) is 6.68. The van der Waals surface area contributed by atoms with E-state index in [4.69, 9.17) is 5.11 Å². The normalized spacial score (nSPS) is 12.9. The summed E-state index contributed by atoms with van der Waals surface area (Å²) >= 11 is 0. The van der Waals surface area contributed by atoms with Gasteiger partial charge in [0.25, 0.3) is 5.91 Å². The minimum absolute atomic E-state index is 0.116. The fourth-order valence-electron chi connectivity index (χ4n) is 4.62. The van der Waals surface area contributed by atoms with Crippen LogP contribution in [0.2, 0.25) is 0 Å². The number of carbonyl (C=O) groups excluding carboxylic acids is 1. The molecule has 0 aliphatic heterocycles. The van der Waals surface area contributed by atoms with Crippen molar-refractivity contribution >= 4 is 11.9 Å². The number of aliphatic hydroxyl groups excluding tert-OH is 2. The summed E-state index contributed by atoms with van der Waals surface area (Å²) in [6.07, 6.45) is -2.34. The van der Waals surface area contributed by atoms with Gasteiger partial charge in [-0.05, 0) is 73.6 Å². The summed E-state index contributed by atoms with van der Waals surface area (Å²) in [7, 11) is 1.61. The SMILES string of the molecule is Cc1c(F)cccc1CN(C)C(=O)c1nn(-c2ccc(F)cc2)c(CC[C@@H](O)C[C@@H](O)CC(=O)O)c1C(C)C. The minimum Gasteiger partial charge on any atom is -0.481 e. The van der Waals surface area contributed by atoms with Crippen LogP contribution in [0.1, 0.15) is 71.9 Å². The predicted molar refractivity (Wildman–Crippen MR) is 142 cm³/mol. The van der Waals surface area contributed by atoms with Crippen molar-refractivity contribution in [2.75, 3.05) is 7.05 Å². The van der Waals surface area contributed by atoms with Crippen molar-refractivity contribution in [2.24, 2.45) is 0 Å². The Bertz CT molecular complexity index is 1310. The van der Waals surface area contributed by atoms with Crippen molar-refractivity contribution < 1.29 is 33.7 Å². The first-order valence-electron chi connectivity index (χ1n) is 12.8. The number of benzene rings is 2. The Hall–Kier alpha value is -3.63. The number of carbonyl (C=O) groups is 2. The Balaban J connectivity index is 1.97. The number of aliphatic hydroxyl groups is 2. The standard InChI is InChI=1S/C29H35F2N3O5/c1-17(2)27-25(13-12-22(35)14-23(36)15-26(37)38)34(21-10-8-20(30)9-11-21)32-28(27)29(39)33(4)16-19-6-5-7-24(31)18(19)3/h5-11,17,22-23,35-36H,12-16H2,1-4H3,(H,37,38)/t22-,23-/m1/s1. The topological polar surface area (TPSA) is 116 Å². The van der Waals surface area contributed by atoms with E-state index in [9.17, 15) is 28.6 Å². The molecule has 0 fully saturated rings. The van der Waals surface area contributed by atoms with Gasteiger partial charge in [-0.25, -0.2) is 13.5 Å². The number of aromatic nitrogens is 2. The third-order valence-electron chi connectivity index (χ3n) is 6.68. The zero-order valence-electron chi connectivity index (χ0n) is 22.6. The van der Waals surface area contributed by atoms with Gasteiger partial charge in [0.15, 0.2) is 5.69 Å². The number of rotatable bonds is 12. The molecular formula is C29H35F2N3O5. The second kappa shape index (κ2) is 12.9. The van der Waals surface area contributed by atoms with E-state index in [-0.39, 0.29) is 49.1 Å². The Labute approximate surface area is 226 Å². The third kappa shape index (κ3) is 7.48. The number of amides is 1. The molecule has 3 aromatic rings. The Morgan fingerprint density at radius 3 is 2.33 bits per heavy atom. The van der Waals surface area contributed by atoms with Crippen molar-refractivity contribution in [3.8, 4) is 5.69 Å². The van der Waals surface area contributed by atoms with Crippen molar-refractivity contribution in [2.45, 2.75) is 71.1 Å². The molecule has 3 N–H and O–H groups in total. The quantitative estimate of drug-likeness (QED) is 0.312. The first kappa shape index (κ1) is 29.9. The summed E-state index contributed by atoms with van der Waals surface area (Å²) in [6, 6.07) is 10.4. The van der Waals surface area contributed by atoms with Gasteiger partial charge in [0.05, 0.1) is 24.3 Å². The molecule has 0 unspecified atom stereocenters. The number of hydrogen-bond acceptors (Lipinski definition) is 5. The van der Waals surface area contributed by atoms with Crippen LogP contribution in [-0.4, -0.2) is 61.1 Å². The number of halogens is 2. The van der Waals surface area contributed by atoms with Gasteiger partial charge in [-0.1, -0.05) is 26.0 Å². The summed E-state index contributed by atoms with van der Waals surface area (Å²) < 4.78 is 29.3. The molecule has 0 aliphatic rings. The average molecular weight is 544 g/mol. The zero-order chi connectivity index (χ0) is 28.9. The van der Waals surface area contributed by atoms with E-state index in [1.165, 1.54) is 35.2 Å². The number of carboxylic acids is 1. The summed E-state index contributed by atoms with van der Waals surface area (Å²) in [5.41, 5.74) is 3.14. The smallest absolute Gasteiger partial charge is 0.305 e. The molecule has 10 heteroatoms. The molecule has 2 aromatic carbocycles. The van der Waals surface area contributed by atoms with E-state index in [0.717, 1.165) is 0 Å². The summed E-state index contributed by atoms with van der Waals surface area (Å²) in [4.78, 5) is 26.0. The van der Waals surface area contributed by atoms with Gasteiger partial charge in [0, 0.05) is 24.8 Å². The highest BCUT2D eigenvalue weighted by atomic mass is 19.1. The summed E-state index contributed by atoms with van der Waals surface area (Å²) in [6.45, 7) is 5.65. The maximum absolute atomic E-state index is 14.1. The highest BCUT2D eigenvalue weighted by Crippen LogP contribution is 2.29. The largest absolute Gasteiger partial charge is 0.481 e. The Kier molecular flexibility index (Phi) is 9.93. The predicted octanol–water partition coefficient (Wildman–Crippen LogP) is 4.37. The van der Waals surface area contributed by atoms with Gasteiger partial charge in [-0.15, -0.1) is 0 Å². The lowest BCUT2D eigenvalue weighted by Crippen LogP contribution is -2.28. The molecule has 0 saturated heterocycles. The molecule has 1 heterocycles. The first-order chi connectivity index (χ1) is 18.4. The van der Waals surface area contributed by atoms with Gasteiger partial charge in [-0.3, -0.25) is 9.59 Å². The molecule has 0 saturated carbocycles. The second-order valence-electron chi connectivity index (χ2n) is 10.1. The summed E-state index contributed by atoms with van der Waals surface area (Å²) in [5.74, 6) is -2.46. The molecule has 39 heavy (non-hydrogen) atoms. The van der Waals surface area contributed by atoms with Crippen molar-refractivity contribution in [1.29, 1.82) is 0 Å². The maximum atomic E-state index is 14.1. The highest BCUT2D eigenvalue weighted by molar-refractivity contribution is 5.94. The Morgan fingerprint density at radius 2 is 1.72 bits per heavy atom. The van der Waals surface area contributed by atoms with Crippen LogP contribution in [0.5, 0.6) is 0 Å². The fraction of sp³-hybridized carbons (Fsp3) is 0.414. The number of nitrogens with zero attached hydrogens (tertiary/aromatic N) is 3. The number of aliphatic carboxylic acids is 1. The van der Waals surface area contributed by atoms with Crippen LogP contribution in [-0.2, 0) is 17.8 Å². The van der Waals surface area contributed by atoms with E-state index in [1.54, 1.807) is 30.8 Å². The van der Waals surface area contributed by atoms with Crippen LogP contribution in [0.25, 0.3) is 5.69 Å².